The highest BCUT2D eigenvalue weighted by atomic mass is 79.9. The number of aryl methyl sites for hydroxylation is 2. The lowest BCUT2D eigenvalue weighted by Gasteiger charge is -2.20. The van der Waals surface area contributed by atoms with E-state index in [1.165, 1.54) is 0 Å². The van der Waals surface area contributed by atoms with E-state index in [-0.39, 0.29) is 17.0 Å². The molecule has 0 amide bonds. The Balaban J connectivity index is 2.95. The Morgan fingerprint density at radius 1 is 1.45 bits per heavy atom. The van der Waals surface area contributed by atoms with Crippen molar-refractivity contribution in [3.8, 4) is 0 Å². The summed E-state index contributed by atoms with van der Waals surface area (Å²) >= 11 is 3.36. The molecule has 1 aromatic heterocycles. The molecule has 0 saturated carbocycles. The van der Waals surface area contributed by atoms with Gasteiger partial charge in [0.05, 0.1) is 0 Å². The fourth-order valence-electron chi connectivity index (χ4n) is 1.98. The topological polar surface area (TPSA) is 64.0 Å². The molecule has 1 heterocycles. The standard InChI is InChI=1S/C13H24BrN3O2S/c1-5-8-17-9-13(15-11(17)4)20(18,19)16-12(6-7-14)10(2)3/h9-10,12,16H,5-8H2,1-4H3. The number of hydrogen-bond donors (Lipinski definition) is 1. The van der Waals surface area contributed by atoms with Crippen molar-refractivity contribution in [2.45, 2.75) is 58.1 Å². The lowest BCUT2D eigenvalue weighted by Crippen LogP contribution is -2.38. The van der Waals surface area contributed by atoms with Gasteiger partial charge in [-0.1, -0.05) is 36.7 Å². The summed E-state index contributed by atoms with van der Waals surface area (Å²) in [5, 5.41) is 0.880. The second kappa shape index (κ2) is 7.56. The van der Waals surface area contributed by atoms with Crippen molar-refractivity contribution < 1.29 is 8.42 Å². The molecule has 20 heavy (non-hydrogen) atoms. The predicted molar refractivity (Wildman–Crippen MR) is 84.6 cm³/mol. The largest absolute Gasteiger partial charge is 0.334 e. The number of imidazole rings is 1. The van der Waals surface area contributed by atoms with Crippen LogP contribution in [0.3, 0.4) is 0 Å². The zero-order valence-electron chi connectivity index (χ0n) is 12.6. The average molecular weight is 366 g/mol. The summed E-state index contributed by atoms with van der Waals surface area (Å²) < 4.78 is 29.4. The van der Waals surface area contributed by atoms with Crippen molar-refractivity contribution in [2.75, 3.05) is 5.33 Å². The minimum atomic E-state index is -3.55. The number of rotatable bonds is 8. The van der Waals surface area contributed by atoms with E-state index in [4.69, 9.17) is 0 Å². The van der Waals surface area contributed by atoms with Gasteiger partial charge in [0.1, 0.15) is 5.82 Å². The number of nitrogens with one attached hydrogen (secondary N) is 1. The Morgan fingerprint density at radius 3 is 2.60 bits per heavy atom. The van der Waals surface area contributed by atoms with Crippen LogP contribution in [-0.2, 0) is 16.6 Å². The minimum Gasteiger partial charge on any atom is -0.334 e. The van der Waals surface area contributed by atoms with Crippen LogP contribution in [0.4, 0.5) is 0 Å². The van der Waals surface area contributed by atoms with E-state index in [0.717, 1.165) is 30.5 Å². The molecule has 0 aliphatic carbocycles. The van der Waals surface area contributed by atoms with Gasteiger partial charge < -0.3 is 4.57 Å². The normalized spacial score (nSPS) is 13.9. The van der Waals surface area contributed by atoms with Gasteiger partial charge in [-0.3, -0.25) is 0 Å². The molecular weight excluding hydrogens is 342 g/mol. The van der Waals surface area contributed by atoms with Gasteiger partial charge in [0, 0.05) is 24.1 Å². The highest BCUT2D eigenvalue weighted by molar-refractivity contribution is 9.09. The molecule has 0 aromatic carbocycles. The quantitative estimate of drug-likeness (QED) is 0.720. The molecule has 116 valence electrons. The van der Waals surface area contributed by atoms with Crippen LogP contribution < -0.4 is 4.72 Å². The average Bonchev–Trinajstić information content (AvgIpc) is 2.71. The van der Waals surface area contributed by atoms with E-state index < -0.39 is 10.0 Å². The van der Waals surface area contributed by atoms with Crippen LogP contribution in [0.25, 0.3) is 0 Å². The Labute approximate surface area is 130 Å². The third kappa shape index (κ3) is 4.56. The first kappa shape index (κ1) is 17.7. The first-order valence-electron chi connectivity index (χ1n) is 6.93. The summed E-state index contributed by atoms with van der Waals surface area (Å²) in [5.41, 5.74) is 0. The molecule has 0 aliphatic rings. The van der Waals surface area contributed by atoms with Gasteiger partial charge in [-0.25, -0.2) is 18.1 Å². The monoisotopic (exact) mass is 365 g/mol. The molecule has 0 bridgehead atoms. The Hall–Kier alpha value is -0.400. The fourth-order valence-corrected chi connectivity index (χ4v) is 3.90. The van der Waals surface area contributed by atoms with Gasteiger partial charge in [-0.15, -0.1) is 0 Å². The van der Waals surface area contributed by atoms with E-state index in [2.05, 4.69) is 32.6 Å². The second-order valence-electron chi connectivity index (χ2n) is 5.27. The van der Waals surface area contributed by atoms with Gasteiger partial charge >= 0.3 is 0 Å². The number of aromatic nitrogens is 2. The van der Waals surface area contributed by atoms with Crippen LogP contribution >= 0.6 is 15.9 Å². The zero-order valence-corrected chi connectivity index (χ0v) is 15.0. The molecular formula is C13H24BrN3O2S. The smallest absolute Gasteiger partial charge is 0.259 e. The van der Waals surface area contributed by atoms with E-state index in [0.29, 0.717) is 0 Å². The molecule has 7 heteroatoms. The number of nitrogens with zero attached hydrogens (tertiary/aromatic N) is 2. The zero-order chi connectivity index (χ0) is 15.3. The van der Waals surface area contributed by atoms with Crippen molar-refractivity contribution in [3.05, 3.63) is 12.0 Å². The van der Waals surface area contributed by atoms with E-state index >= 15 is 0 Å². The minimum absolute atomic E-state index is 0.0870. The highest BCUT2D eigenvalue weighted by Crippen LogP contribution is 2.14. The molecule has 1 unspecified atom stereocenters. The summed E-state index contributed by atoms with van der Waals surface area (Å²) in [6.45, 7) is 8.68. The van der Waals surface area contributed by atoms with Crippen LogP contribution in [0.2, 0.25) is 0 Å². The van der Waals surface area contributed by atoms with E-state index in [1.54, 1.807) is 6.20 Å². The maximum Gasteiger partial charge on any atom is 0.259 e. The third-order valence-corrected chi connectivity index (χ3v) is 5.04. The fraction of sp³-hybridized carbons (Fsp3) is 0.769. The van der Waals surface area contributed by atoms with Gasteiger partial charge in [0.15, 0.2) is 5.03 Å². The maximum absolute atomic E-state index is 12.4. The van der Waals surface area contributed by atoms with Crippen molar-refractivity contribution in [1.82, 2.24) is 14.3 Å². The summed E-state index contributed by atoms with van der Waals surface area (Å²) in [6, 6.07) is -0.0870. The Kier molecular flexibility index (Phi) is 6.68. The Morgan fingerprint density at radius 2 is 2.10 bits per heavy atom. The number of alkyl halides is 1. The van der Waals surface area contributed by atoms with Crippen molar-refractivity contribution >= 4 is 26.0 Å². The molecule has 1 rings (SSSR count). The van der Waals surface area contributed by atoms with Gasteiger partial charge in [-0.2, -0.15) is 0 Å². The summed E-state index contributed by atoms with van der Waals surface area (Å²) in [4.78, 5) is 4.17. The van der Waals surface area contributed by atoms with Crippen LogP contribution in [-0.4, -0.2) is 29.3 Å². The Bertz CT molecular complexity index is 526. The summed E-state index contributed by atoms with van der Waals surface area (Å²) in [5.74, 6) is 0.968. The first-order chi connectivity index (χ1) is 9.31. The van der Waals surface area contributed by atoms with Crippen molar-refractivity contribution in [2.24, 2.45) is 5.92 Å². The van der Waals surface area contributed by atoms with E-state index in [9.17, 15) is 8.42 Å². The SMILES string of the molecule is CCCn1cc(S(=O)(=O)NC(CCBr)C(C)C)nc1C. The van der Waals surface area contributed by atoms with Crippen molar-refractivity contribution in [3.63, 3.8) is 0 Å². The molecule has 5 nitrogen and oxygen atoms in total. The summed E-state index contributed by atoms with van der Waals surface area (Å²) in [6.07, 6.45) is 3.32. The number of hydrogen-bond acceptors (Lipinski definition) is 3. The number of sulfonamides is 1. The predicted octanol–water partition coefficient (Wildman–Crippen LogP) is 2.69. The lowest BCUT2D eigenvalue weighted by molar-refractivity contribution is 0.439. The molecule has 0 saturated heterocycles. The number of halogens is 1. The van der Waals surface area contributed by atoms with Gasteiger partial charge in [0.2, 0.25) is 0 Å². The molecule has 0 aliphatic heterocycles. The molecule has 0 fully saturated rings. The lowest BCUT2D eigenvalue weighted by atomic mass is 10.0. The van der Waals surface area contributed by atoms with E-state index in [1.807, 2.05) is 25.3 Å². The first-order valence-corrected chi connectivity index (χ1v) is 9.54. The third-order valence-electron chi connectivity index (χ3n) is 3.23. The molecule has 1 N–H and O–H groups in total. The highest BCUT2D eigenvalue weighted by Gasteiger charge is 2.24. The molecule has 1 atom stereocenters. The van der Waals surface area contributed by atoms with Crippen LogP contribution in [0.15, 0.2) is 11.2 Å². The molecule has 1 aromatic rings. The van der Waals surface area contributed by atoms with Crippen LogP contribution in [0.5, 0.6) is 0 Å². The van der Waals surface area contributed by atoms with Crippen LogP contribution in [0.1, 0.15) is 39.4 Å². The maximum atomic E-state index is 12.4. The summed E-state index contributed by atoms with van der Waals surface area (Å²) in [7, 11) is -3.55. The second-order valence-corrected chi connectivity index (χ2v) is 7.72. The molecule has 0 spiro atoms. The molecule has 0 radical (unpaired) electrons. The van der Waals surface area contributed by atoms with Crippen molar-refractivity contribution in [1.29, 1.82) is 0 Å². The van der Waals surface area contributed by atoms with Gasteiger partial charge in [0.25, 0.3) is 10.0 Å². The van der Waals surface area contributed by atoms with Crippen LogP contribution in [0, 0.1) is 12.8 Å². The van der Waals surface area contributed by atoms with Gasteiger partial charge in [-0.05, 0) is 25.7 Å².